The van der Waals surface area contributed by atoms with E-state index in [-0.39, 0.29) is 11.8 Å². The van der Waals surface area contributed by atoms with E-state index in [1.165, 1.54) is 30.0 Å². The Morgan fingerprint density at radius 1 is 1.00 bits per heavy atom. The maximum atomic E-state index is 12.4. The average Bonchev–Trinajstić information content (AvgIpc) is 3.10. The van der Waals surface area contributed by atoms with Crippen molar-refractivity contribution in [1.82, 2.24) is 0 Å². The molecule has 2 aromatic carbocycles. The molecule has 0 saturated heterocycles. The maximum absolute atomic E-state index is 12.4. The summed E-state index contributed by atoms with van der Waals surface area (Å²) in [6, 6.07) is 14.4. The van der Waals surface area contributed by atoms with Gasteiger partial charge in [0.1, 0.15) is 0 Å². The van der Waals surface area contributed by atoms with Gasteiger partial charge in [0.15, 0.2) is 0 Å². The highest BCUT2D eigenvalue weighted by Crippen LogP contribution is 2.48. The topological polar surface area (TPSA) is 29.1 Å². The van der Waals surface area contributed by atoms with Crippen molar-refractivity contribution in [2.45, 2.75) is 25.7 Å². The van der Waals surface area contributed by atoms with Crippen LogP contribution in [0.4, 0.5) is 5.69 Å². The van der Waals surface area contributed by atoms with Crippen LogP contribution in [-0.4, -0.2) is 5.91 Å². The van der Waals surface area contributed by atoms with Crippen LogP contribution >= 0.6 is 0 Å². The van der Waals surface area contributed by atoms with Gasteiger partial charge in [-0.15, -0.1) is 0 Å². The van der Waals surface area contributed by atoms with Crippen LogP contribution in [0.5, 0.6) is 0 Å². The number of hydrogen-bond donors (Lipinski definition) is 1. The standard InChI is InChI=1S/C18H19NO/c20-18(17-10-12-5-6-15(17)9-12)19-16-8-7-13-3-1-2-4-14(13)11-16/h1-4,7-8,11-12,15,17H,5-6,9-10H2,(H,19,20). The SMILES string of the molecule is O=C(Nc1ccc2ccccc2c1)C1CC2CCC1C2. The molecule has 1 N–H and O–H groups in total. The first-order chi connectivity index (χ1) is 9.79. The van der Waals surface area contributed by atoms with Crippen LogP contribution in [-0.2, 0) is 4.79 Å². The van der Waals surface area contributed by atoms with Crippen LogP contribution in [0.1, 0.15) is 25.7 Å². The van der Waals surface area contributed by atoms with E-state index in [4.69, 9.17) is 0 Å². The van der Waals surface area contributed by atoms with E-state index in [1.807, 2.05) is 18.2 Å². The van der Waals surface area contributed by atoms with Crippen molar-refractivity contribution in [3.05, 3.63) is 42.5 Å². The summed E-state index contributed by atoms with van der Waals surface area (Å²) in [7, 11) is 0. The van der Waals surface area contributed by atoms with Crippen molar-refractivity contribution in [2.75, 3.05) is 5.32 Å². The van der Waals surface area contributed by atoms with Crippen molar-refractivity contribution in [3.63, 3.8) is 0 Å². The van der Waals surface area contributed by atoms with Gasteiger partial charge in [-0.1, -0.05) is 36.8 Å². The summed E-state index contributed by atoms with van der Waals surface area (Å²) in [4.78, 5) is 12.4. The summed E-state index contributed by atoms with van der Waals surface area (Å²) in [5.41, 5.74) is 0.927. The fourth-order valence-electron chi connectivity index (χ4n) is 4.07. The molecule has 0 aliphatic heterocycles. The predicted octanol–water partition coefficient (Wildman–Crippen LogP) is 4.21. The molecule has 0 spiro atoms. The molecule has 20 heavy (non-hydrogen) atoms. The minimum Gasteiger partial charge on any atom is -0.326 e. The summed E-state index contributed by atoms with van der Waals surface area (Å²) >= 11 is 0. The van der Waals surface area contributed by atoms with Gasteiger partial charge in [0, 0.05) is 11.6 Å². The molecule has 4 rings (SSSR count). The number of nitrogens with one attached hydrogen (secondary N) is 1. The molecule has 2 aliphatic carbocycles. The number of rotatable bonds is 2. The van der Waals surface area contributed by atoms with Crippen LogP contribution in [0, 0.1) is 17.8 Å². The Morgan fingerprint density at radius 2 is 1.85 bits per heavy atom. The van der Waals surface area contributed by atoms with Crippen molar-refractivity contribution in [2.24, 2.45) is 17.8 Å². The number of hydrogen-bond acceptors (Lipinski definition) is 1. The zero-order valence-corrected chi connectivity index (χ0v) is 11.5. The largest absolute Gasteiger partial charge is 0.326 e. The third-order valence-electron chi connectivity index (χ3n) is 5.09. The zero-order valence-electron chi connectivity index (χ0n) is 11.5. The molecule has 2 nitrogen and oxygen atoms in total. The van der Waals surface area contributed by atoms with E-state index < -0.39 is 0 Å². The molecule has 1 amide bonds. The molecule has 0 aromatic heterocycles. The number of fused-ring (bicyclic) bond motifs is 3. The molecule has 2 fully saturated rings. The normalized spacial score (nSPS) is 27.9. The molecule has 2 aromatic rings. The summed E-state index contributed by atoms with van der Waals surface area (Å²) < 4.78 is 0. The Morgan fingerprint density at radius 3 is 2.60 bits per heavy atom. The van der Waals surface area contributed by atoms with Gasteiger partial charge in [0.25, 0.3) is 0 Å². The molecular weight excluding hydrogens is 246 g/mol. The third-order valence-corrected chi connectivity index (χ3v) is 5.09. The highest BCUT2D eigenvalue weighted by Gasteiger charge is 2.42. The number of anilines is 1. The molecule has 3 atom stereocenters. The molecule has 2 bridgehead atoms. The Kier molecular flexibility index (Phi) is 2.76. The molecule has 0 heterocycles. The highest BCUT2D eigenvalue weighted by atomic mass is 16.1. The lowest BCUT2D eigenvalue weighted by atomic mass is 9.88. The summed E-state index contributed by atoms with van der Waals surface area (Å²) in [5.74, 6) is 1.93. The van der Waals surface area contributed by atoms with E-state index in [0.29, 0.717) is 5.92 Å². The van der Waals surface area contributed by atoms with Gasteiger partial charge in [-0.3, -0.25) is 4.79 Å². The van der Waals surface area contributed by atoms with Crippen LogP contribution < -0.4 is 5.32 Å². The monoisotopic (exact) mass is 265 g/mol. The van der Waals surface area contributed by atoms with E-state index >= 15 is 0 Å². The summed E-state index contributed by atoms with van der Waals surface area (Å²) in [6.07, 6.45) is 4.96. The van der Waals surface area contributed by atoms with Gasteiger partial charge in [0.05, 0.1) is 0 Å². The summed E-state index contributed by atoms with van der Waals surface area (Å²) in [5, 5.41) is 5.51. The van der Waals surface area contributed by atoms with E-state index in [9.17, 15) is 4.79 Å². The van der Waals surface area contributed by atoms with Crippen LogP contribution in [0.3, 0.4) is 0 Å². The lowest BCUT2D eigenvalue weighted by Crippen LogP contribution is -2.27. The first-order valence-corrected chi connectivity index (χ1v) is 7.59. The first kappa shape index (κ1) is 12.0. The number of amides is 1. The van der Waals surface area contributed by atoms with Crippen molar-refractivity contribution in [3.8, 4) is 0 Å². The van der Waals surface area contributed by atoms with Crippen LogP contribution in [0.2, 0.25) is 0 Å². The van der Waals surface area contributed by atoms with Gasteiger partial charge in [-0.25, -0.2) is 0 Å². The second-order valence-electron chi connectivity index (χ2n) is 6.33. The molecular formula is C18H19NO. The van der Waals surface area contributed by atoms with Gasteiger partial charge in [-0.05, 0) is 54.0 Å². The van der Waals surface area contributed by atoms with E-state index in [0.717, 1.165) is 18.0 Å². The van der Waals surface area contributed by atoms with Crippen LogP contribution in [0.15, 0.2) is 42.5 Å². The molecule has 0 radical (unpaired) electrons. The Hall–Kier alpha value is -1.83. The minimum absolute atomic E-state index is 0.229. The van der Waals surface area contributed by atoms with Crippen molar-refractivity contribution < 1.29 is 4.79 Å². The molecule has 102 valence electrons. The Balaban J connectivity index is 1.53. The Bertz CT molecular complexity index is 663. The zero-order chi connectivity index (χ0) is 13.5. The van der Waals surface area contributed by atoms with Crippen LogP contribution in [0.25, 0.3) is 10.8 Å². The Labute approximate surface area is 119 Å². The fraction of sp³-hybridized carbons (Fsp3) is 0.389. The maximum Gasteiger partial charge on any atom is 0.227 e. The smallest absolute Gasteiger partial charge is 0.227 e. The number of benzene rings is 2. The van der Waals surface area contributed by atoms with E-state index in [1.54, 1.807) is 0 Å². The third kappa shape index (κ3) is 2.00. The average molecular weight is 265 g/mol. The van der Waals surface area contributed by atoms with E-state index in [2.05, 4.69) is 29.6 Å². The first-order valence-electron chi connectivity index (χ1n) is 7.59. The number of carbonyl (C=O) groups is 1. The molecule has 2 heteroatoms. The predicted molar refractivity (Wildman–Crippen MR) is 81.5 cm³/mol. The second kappa shape index (κ2) is 4.62. The fourth-order valence-corrected chi connectivity index (χ4v) is 4.07. The number of carbonyl (C=O) groups excluding carboxylic acids is 1. The lowest BCUT2D eigenvalue weighted by Gasteiger charge is -2.20. The highest BCUT2D eigenvalue weighted by molar-refractivity contribution is 5.95. The van der Waals surface area contributed by atoms with Gasteiger partial charge >= 0.3 is 0 Å². The van der Waals surface area contributed by atoms with Crippen molar-refractivity contribution >= 4 is 22.4 Å². The van der Waals surface area contributed by atoms with Gasteiger partial charge in [-0.2, -0.15) is 0 Å². The minimum atomic E-state index is 0.229. The summed E-state index contributed by atoms with van der Waals surface area (Å²) in [6.45, 7) is 0. The molecule has 2 aliphatic rings. The molecule has 2 saturated carbocycles. The lowest BCUT2D eigenvalue weighted by molar-refractivity contribution is -0.121. The second-order valence-corrected chi connectivity index (χ2v) is 6.33. The molecule has 3 unspecified atom stereocenters. The van der Waals surface area contributed by atoms with Gasteiger partial charge < -0.3 is 5.32 Å². The van der Waals surface area contributed by atoms with Gasteiger partial charge in [0.2, 0.25) is 5.91 Å². The quantitative estimate of drug-likeness (QED) is 0.865. The van der Waals surface area contributed by atoms with Crippen molar-refractivity contribution in [1.29, 1.82) is 0 Å².